The molecule has 0 N–H and O–H groups in total. The van der Waals surface area contributed by atoms with E-state index in [1.54, 1.807) is 0 Å². The van der Waals surface area contributed by atoms with Gasteiger partial charge in [0.1, 0.15) is 12.4 Å². The van der Waals surface area contributed by atoms with Crippen LogP contribution in [0.3, 0.4) is 0 Å². The monoisotopic (exact) mass is 382 g/mol. The summed E-state index contributed by atoms with van der Waals surface area (Å²) in [5.41, 5.74) is 1.78. The van der Waals surface area contributed by atoms with E-state index in [0.717, 1.165) is 31.6 Å². The summed E-state index contributed by atoms with van der Waals surface area (Å²) < 4.78 is 11.5. The van der Waals surface area contributed by atoms with Gasteiger partial charge in [0, 0.05) is 31.8 Å². The van der Waals surface area contributed by atoms with Crippen LogP contribution in [0.4, 0.5) is 0 Å². The van der Waals surface area contributed by atoms with Crippen LogP contribution in [0.5, 0.6) is 5.75 Å². The Morgan fingerprint density at radius 2 is 1.93 bits per heavy atom. The van der Waals surface area contributed by atoms with E-state index in [1.807, 2.05) is 61.5 Å². The first-order valence-corrected chi connectivity index (χ1v) is 9.94. The van der Waals surface area contributed by atoms with Gasteiger partial charge in [-0.05, 0) is 50.7 Å². The lowest BCUT2D eigenvalue weighted by Gasteiger charge is -2.25. The molecule has 28 heavy (non-hydrogen) atoms. The average molecular weight is 383 g/mol. The van der Waals surface area contributed by atoms with E-state index >= 15 is 0 Å². The molecule has 0 aliphatic carbocycles. The van der Waals surface area contributed by atoms with Crippen LogP contribution in [0.15, 0.2) is 54.6 Å². The number of nitrogens with zero attached hydrogens (tertiary/aromatic N) is 2. The molecule has 5 nitrogen and oxygen atoms in total. The molecule has 1 unspecified atom stereocenters. The van der Waals surface area contributed by atoms with E-state index in [2.05, 4.69) is 17.0 Å². The molecular formula is C23H30N2O3. The van der Waals surface area contributed by atoms with E-state index < -0.39 is 0 Å². The van der Waals surface area contributed by atoms with Crippen molar-refractivity contribution in [3.05, 3.63) is 65.7 Å². The molecular weight excluding hydrogens is 352 g/mol. The largest absolute Gasteiger partial charge is 0.491 e. The molecule has 1 heterocycles. The maximum Gasteiger partial charge on any atom is 0.254 e. The lowest BCUT2D eigenvalue weighted by molar-refractivity contribution is 0.0676. The fourth-order valence-electron chi connectivity index (χ4n) is 3.24. The van der Waals surface area contributed by atoms with Crippen LogP contribution in [0.25, 0.3) is 0 Å². The predicted molar refractivity (Wildman–Crippen MR) is 111 cm³/mol. The van der Waals surface area contributed by atoms with E-state index in [0.29, 0.717) is 31.0 Å². The normalized spacial score (nSPS) is 16.3. The summed E-state index contributed by atoms with van der Waals surface area (Å²) in [5.74, 6) is 0.738. The van der Waals surface area contributed by atoms with Crippen LogP contribution in [0.2, 0.25) is 0 Å². The molecule has 0 bridgehead atoms. The minimum absolute atomic E-state index is 0.0215. The summed E-state index contributed by atoms with van der Waals surface area (Å²) >= 11 is 0. The zero-order chi connectivity index (χ0) is 19.8. The minimum Gasteiger partial charge on any atom is -0.491 e. The molecule has 3 rings (SSSR count). The van der Waals surface area contributed by atoms with E-state index in [9.17, 15) is 4.79 Å². The third-order valence-electron chi connectivity index (χ3n) is 4.86. The summed E-state index contributed by atoms with van der Waals surface area (Å²) in [6.45, 7) is 3.42. The zero-order valence-corrected chi connectivity index (χ0v) is 16.8. The third kappa shape index (κ3) is 6.08. The Bertz CT molecular complexity index is 743. The number of rotatable bonds is 9. The lowest BCUT2D eigenvalue weighted by atomic mass is 10.1. The number of likely N-dealkylation sites (N-methyl/N-ethyl adjacent to an activating group) is 1. The van der Waals surface area contributed by atoms with E-state index in [-0.39, 0.29) is 12.0 Å². The molecule has 5 heteroatoms. The van der Waals surface area contributed by atoms with Gasteiger partial charge in [0.15, 0.2) is 0 Å². The number of hydrogen-bond donors (Lipinski definition) is 0. The van der Waals surface area contributed by atoms with Crippen molar-refractivity contribution in [2.75, 3.05) is 40.4 Å². The topological polar surface area (TPSA) is 42.0 Å². The van der Waals surface area contributed by atoms with Crippen LogP contribution in [-0.4, -0.2) is 62.2 Å². The maximum atomic E-state index is 13.2. The zero-order valence-electron chi connectivity index (χ0n) is 16.8. The summed E-state index contributed by atoms with van der Waals surface area (Å²) in [6, 6.07) is 17.6. The third-order valence-corrected chi connectivity index (χ3v) is 4.86. The summed E-state index contributed by atoms with van der Waals surface area (Å²) in [4.78, 5) is 17.2. The molecule has 1 aliphatic rings. The average Bonchev–Trinajstić information content (AvgIpc) is 3.23. The fourth-order valence-corrected chi connectivity index (χ4v) is 3.24. The van der Waals surface area contributed by atoms with Gasteiger partial charge in [-0.2, -0.15) is 0 Å². The highest BCUT2D eigenvalue weighted by Gasteiger charge is 2.19. The first-order valence-electron chi connectivity index (χ1n) is 9.94. The minimum atomic E-state index is 0.0215. The van der Waals surface area contributed by atoms with Gasteiger partial charge >= 0.3 is 0 Å². The molecule has 0 radical (unpaired) electrons. The highest BCUT2D eigenvalue weighted by atomic mass is 16.5. The van der Waals surface area contributed by atoms with Gasteiger partial charge in [-0.15, -0.1) is 0 Å². The fraction of sp³-hybridized carbons (Fsp3) is 0.435. The Morgan fingerprint density at radius 3 is 2.64 bits per heavy atom. The van der Waals surface area contributed by atoms with Gasteiger partial charge in [-0.1, -0.05) is 36.4 Å². The molecule has 0 spiro atoms. The second-order valence-corrected chi connectivity index (χ2v) is 7.49. The molecule has 1 saturated heterocycles. The van der Waals surface area contributed by atoms with Crippen molar-refractivity contribution in [1.82, 2.24) is 9.80 Å². The standard InChI is InChI=1S/C23H30N2O3/c1-24(2)13-14-25(17-19-8-4-3-5-9-19)23(26)20-10-6-11-21(16-20)28-18-22-12-7-15-27-22/h3-6,8-11,16,22H,7,12-15,17-18H2,1-2H3. The summed E-state index contributed by atoms with van der Waals surface area (Å²) in [5, 5.41) is 0. The van der Waals surface area contributed by atoms with Gasteiger partial charge in [-0.25, -0.2) is 0 Å². The van der Waals surface area contributed by atoms with E-state index in [1.165, 1.54) is 0 Å². The number of amides is 1. The van der Waals surface area contributed by atoms with Crippen LogP contribution < -0.4 is 4.74 Å². The number of hydrogen-bond acceptors (Lipinski definition) is 4. The number of benzene rings is 2. The van der Waals surface area contributed by atoms with Gasteiger partial charge in [0.25, 0.3) is 5.91 Å². The first-order chi connectivity index (χ1) is 13.6. The molecule has 1 atom stereocenters. The molecule has 2 aromatic rings. The Labute approximate surface area is 167 Å². The molecule has 1 fully saturated rings. The van der Waals surface area contributed by atoms with Crippen molar-refractivity contribution in [3.63, 3.8) is 0 Å². The molecule has 0 saturated carbocycles. The highest BCUT2D eigenvalue weighted by molar-refractivity contribution is 5.94. The highest BCUT2D eigenvalue weighted by Crippen LogP contribution is 2.19. The summed E-state index contributed by atoms with van der Waals surface area (Å²) in [6.07, 6.45) is 2.29. The SMILES string of the molecule is CN(C)CCN(Cc1ccccc1)C(=O)c1cccc(OCC2CCCO2)c1. The van der Waals surface area contributed by atoms with Gasteiger partial charge < -0.3 is 19.3 Å². The van der Waals surface area contributed by atoms with Gasteiger partial charge in [0.2, 0.25) is 0 Å². The first kappa shape index (κ1) is 20.4. The van der Waals surface area contributed by atoms with Crippen LogP contribution in [-0.2, 0) is 11.3 Å². The van der Waals surface area contributed by atoms with Crippen LogP contribution >= 0.6 is 0 Å². The Balaban J connectivity index is 1.68. The Hall–Kier alpha value is -2.37. The number of ether oxygens (including phenoxy) is 2. The van der Waals surface area contributed by atoms with Crippen LogP contribution in [0, 0.1) is 0 Å². The van der Waals surface area contributed by atoms with Gasteiger partial charge in [0.05, 0.1) is 6.10 Å². The van der Waals surface area contributed by atoms with Crippen molar-refractivity contribution in [1.29, 1.82) is 0 Å². The predicted octanol–water partition coefficient (Wildman–Crippen LogP) is 3.45. The second-order valence-electron chi connectivity index (χ2n) is 7.49. The van der Waals surface area contributed by atoms with Crippen molar-refractivity contribution in [3.8, 4) is 5.75 Å². The lowest BCUT2D eigenvalue weighted by Crippen LogP contribution is -2.36. The summed E-state index contributed by atoms with van der Waals surface area (Å²) in [7, 11) is 4.04. The van der Waals surface area contributed by atoms with E-state index in [4.69, 9.17) is 9.47 Å². The van der Waals surface area contributed by atoms with Crippen molar-refractivity contribution in [2.45, 2.75) is 25.5 Å². The Morgan fingerprint density at radius 1 is 1.11 bits per heavy atom. The molecule has 2 aromatic carbocycles. The quantitative estimate of drug-likeness (QED) is 0.666. The molecule has 1 aliphatic heterocycles. The van der Waals surface area contributed by atoms with Crippen molar-refractivity contribution >= 4 is 5.91 Å². The van der Waals surface area contributed by atoms with Gasteiger partial charge in [-0.3, -0.25) is 4.79 Å². The molecule has 1 amide bonds. The molecule has 150 valence electrons. The Kier molecular flexibility index (Phi) is 7.46. The second kappa shape index (κ2) is 10.2. The van der Waals surface area contributed by atoms with Crippen molar-refractivity contribution in [2.24, 2.45) is 0 Å². The van der Waals surface area contributed by atoms with Crippen molar-refractivity contribution < 1.29 is 14.3 Å². The van der Waals surface area contributed by atoms with Crippen LogP contribution in [0.1, 0.15) is 28.8 Å². The smallest absolute Gasteiger partial charge is 0.254 e. The maximum absolute atomic E-state index is 13.2. The number of carbonyl (C=O) groups excluding carboxylic acids is 1. The molecule has 0 aromatic heterocycles. The number of carbonyl (C=O) groups is 1.